The first-order chi connectivity index (χ1) is 18.2. The largest absolute Gasteiger partial charge is 0.449 e. The van der Waals surface area contributed by atoms with Crippen LogP contribution in [0.15, 0.2) is 66.7 Å². The van der Waals surface area contributed by atoms with Crippen LogP contribution in [0.5, 0.6) is 0 Å². The second-order valence-corrected chi connectivity index (χ2v) is 8.89. The van der Waals surface area contributed by atoms with Crippen molar-refractivity contribution in [3.8, 4) is 0 Å². The number of carbonyl (C=O) groups is 3. The standard InChI is InChI=1S/C27H24ClN3O7/c1-17(26(33)29-19-7-9-20(10-8-19)30-12-14-37-15-13-30)38-27(34)22-5-3-2-4-21(22)25(32)18-6-11-23(28)24(16-18)31(35)36/h2-11,16-17H,12-15H2,1H3,(H,29,33)/t17-/m0/s1. The van der Waals surface area contributed by atoms with Gasteiger partial charge in [0.05, 0.1) is 23.7 Å². The summed E-state index contributed by atoms with van der Waals surface area (Å²) in [6, 6.07) is 16.8. The van der Waals surface area contributed by atoms with Gasteiger partial charge in [-0.05, 0) is 49.4 Å². The van der Waals surface area contributed by atoms with Crippen molar-refractivity contribution < 1.29 is 28.8 Å². The molecule has 4 rings (SSSR count). The molecular weight excluding hydrogens is 514 g/mol. The number of rotatable bonds is 8. The zero-order valence-electron chi connectivity index (χ0n) is 20.4. The van der Waals surface area contributed by atoms with Gasteiger partial charge in [0.25, 0.3) is 11.6 Å². The van der Waals surface area contributed by atoms with Crippen LogP contribution < -0.4 is 10.2 Å². The van der Waals surface area contributed by atoms with Crippen LogP contribution in [-0.4, -0.2) is 55.0 Å². The number of amides is 1. The Hall–Kier alpha value is -4.28. The van der Waals surface area contributed by atoms with Crippen molar-refractivity contribution in [1.82, 2.24) is 0 Å². The number of hydrogen-bond acceptors (Lipinski definition) is 8. The van der Waals surface area contributed by atoms with E-state index in [2.05, 4.69) is 10.2 Å². The highest BCUT2D eigenvalue weighted by Crippen LogP contribution is 2.27. The van der Waals surface area contributed by atoms with Gasteiger partial charge in [-0.15, -0.1) is 0 Å². The molecule has 1 fully saturated rings. The Labute approximate surface area is 223 Å². The number of carbonyl (C=O) groups excluding carboxylic acids is 3. The number of nitrogens with one attached hydrogen (secondary N) is 1. The summed E-state index contributed by atoms with van der Waals surface area (Å²) in [6.07, 6.45) is -1.17. The molecule has 1 aliphatic heterocycles. The number of nitrogens with zero attached hydrogens (tertiary/aromatic N) is 2. The molecule has 10 nitrogen and oxygen atoms in total. The van der Waals surface area contributed by atoms with Crippen LogP contribution >= 0.6 is 11.6 Å². The first kappa shape index (κ1) is 26.8. The lowest BCUT2D eigenvalue weighted by atomic mass is 9.98. The molecule has 3 aromatic rings. The number of esters is 1. The predicted molar refractivity (Wildman–Crippen MR) is 141 cm³/mol. The van der Waals surface area contributed by atoms with Gasteiger partial charge in [0.1, 0.15) is 5.02 Å². The van der Waals surface area contributed by atoms with E-state index in [9.17, 15) is 24.5 Å². The molecule has 1 saturated heterocycles. The summed E-state index contributed by atoms with van der Waals surface area (Å²) in [5, 5.41) is 13.8. The molecule has 0 bridgehead atoms. The van der Waals surface area contributed by atoms with E-state index < -0.39 is 34.4 Å². The van der Waals surface area contributed by atoms with Gasteiger partial charge in [-0.3, -0.25) is 19.7 Å². The van der Waals surface area contributed by atoms with Gasteiger partial charge in [0.2, 0.25) is 0 Å². The molecule has 1 aliphatic rings. The van der Waals surface area contributed by atoms with E-state index in [1.807, 2.05) is 12.1 Å². The van der Waals surface area contributed by atoms with E-state index in [0.717, 1.165) is 24.8 Å². The molecule has 1 heterocycles. The van der Waals surface area contributed by atoms with Crippen molar-refractivity contribution in [1.29, 1.82) is 0 Å². The first-order valence-electron chi connectivity index (χ1n) is 11.8. The molecule has 0 spiro atoms. The van der Waals surface area contributed by atoms with Gasteiger partial charge >= 0.3 is 5.97 Å². The maximum absolute atomic E-state index is 13.1. The van der Waals surface area contributed by atoms with Crippen molar-refractivity contribution in [3.63, 3.8) is 0 Å². The van der Waals surface area contributed by atoms with E-state index in [0.29, 0.717) is 18.9 Å². The van der Waals surface area contributed by atoms with Gasteiger partial charge in [-0.1, -0.05) is 29.8 Å². The van der Waals surface area contributed by atoms with Crippen LogP contribution in [0, 0.1) is 10.1 Å². The maximum atomic E-state index is 13.1. The van der Waals surface area contributed by atoms with Crippen molar-refractivity contribution in [2.75, 3.05) is 36.5 Å². The van der Waals surface area contributed by atoms with Crippen molar-refractivity contribution >= 4 is 46.3 Å². The summed E-state index contributed by atoms with van der Waals surface area (Å²) in [6.45, 7) is 4.32. The number of nitro groups is 1. The van der Waals surface area contributed by atoms with Gasteiger partial charge in [0.15, 0.2) is 11.9 Å². The fourth-order valence-electron chi connectivity index (χ4n) is 3.91. The number of ether oxygens (including phenoxy) is 2. The number of halogens is 1. The van der Waals surface area contributed by atoms with E-state index in [1.165, 1.54) is 31.2 Å². The summed E-state index contributed by atoms with van der Waals surface area (Å²) in [7, 11) is 0. The van der Waals surface area contributed by atoms with Gasteiger partial charge < -0.3 is 19.7 Å². The van der Waals surface area contributed by atoms with Crippen molar-refractivity contribution in [2.45, 2.75) is 13.0 Å². The molecule has 1 atom stereocenters. The Morgan fingerprint density at radius 1 is 1.03 bits per heavy atom. The molecule has 0 saturated carbocycles. The molecule has 0 aromatic heterocycles. The zero-order chi connectivity index (χ0) is 27.2. The number of hydrogen-bond donors (Lipinski definition) is 1. The first-order valence-corrected chi connectivity index (χ1v) is 12.1. The third-order valence-corrected chi connectivity index (χ3v) is 6.28. The Bertz CT molecular complexity index is 1370. The second-order valence-electron chi connectivity index (χ2n) is 8.48. The topological polar surface area (TPSA) is 128 Å². The molecule has 0 unspecified atom stereocenters. The van der Waals surface area contributed by atoms with E-state index in [4.69, 9.17) is 21.1 Å². The highest BCUT2D eigenvalue weighted by Gasteiger charge is 2.25. The molecule has 11 heteroatoms. The third kappa shape index (κ3) is 6.16. The molecule has 0 radical (unpaired) electrons. The molecule has 1 amide bonds. The molecule has 3 aromatic carbocycles. The Balaban J connectivity index is 1.43. The number of anilines is 2. The predicted octanol–water partition coefficient (Wildman–Crippen LogP) is 4.50. The minimum Gasteiger partial charge on any atom is -0.449 e. The SMILES string of the molecule is C[C@H](OC(=O)c1ccccc1C(=O)c1ccc(Cl)c([N+](=O)[O-])c1)C(=O)Nc1ccc(N2CCOCC2)cc1. The smallest absolute Gasteiger partial charge is 0.339 e. The highest BCUT2D eigenvalue weighted by molar-refractivity contribution is 6.33. The third-order valence-electron chi connectivity index (χ3n) is 5.96. The highest BCUT2D eigenvalue weighted by atomic mass is 35.5. The second kappa shape index (κ2) is 11.8. The fraction of sp³-hybridized carbons (Fsp3) is 0.222. The number of morpholine rings is 1. The molecule has 0 aliphatic carbocycles. The summed E-state index contributed by atoms with van der Waals surface area (Å²) in [4.78, 5) is 51.4. The summed E-state index contributed by atoms with van der Waals surface area (Å²) < 4.78 is 10.7. The maximum Gasteiger partial charge on any atom is 0.339 e. The monoisotopic (exact) mass is 537 g/mol. The number of benzene rings is 3. The Kier molecular flexibility index (Phi) is 8.35. The van der Waals surface area contributed by atoms with Gasteiger partial charge in [0, 0.05) is 41.7 Å². The van der Waals surface area contributed by atoms with Crippen molar-refractivity contribution in [2.24, 2.45) is 0 Å². The lowest BCUT2D eigenvalue weighted by molar-refractivity contribution is -0.384. The van der Waals surface area contributed by atoms with E-state index in [1.54, 1.807) is 24.3 Å². The van der Waals surface area contributed by atoms with E-state index in [-0.39, 0.29) is 21.7 Å². The Morgan fingerprint density at radius 2 is 1.68 bits per heavy atom. The van der Waals surface area contributed by atoms with E-state index >= 15 is 0 Å². The molecular formula is C27H24ClN3O7. The molecule has 38 heavy (non-hydrogen) atoms. The molecule has 1 N–H and O–H groups in total. The normalized spacial score (nSPS) is 13.9. The number of nitro benzene ring substituents is 1. The zero-order valence-corrected chi connectivity index (χ0v) is 21.1. The molecule has 196 valence electrons. The lowest BCUT2D eigenvalue weighted by Gasteiger charge is -2.28. The quantitative estimate of drug-likeness (QED) is 0.192. The minimum atomic E-state index is -1.17. The summed E-state index contributed by atoms with van der Waals surface area (Å²) in [5.74, 6) is -2.06. The van der Waals surface area contributed by atoms with Gasteiger partial charge in [-0.2, -0.15) is 0 Å². The average molecular weight is 538 g/mol. The number of ketones is 1. The Morgan fingerprint density at radius 3 is 2.34 bits per heavy atom. The van der Waals surface area contributed by atoms with Crippen LogP contribution in [0.3, 0.4) is 0 Å². The van der Waals surface area contributed by atoms with Crippen LogP contribution in [0.2, 0.25) is 5.02 Å². The minimum absolute atomic E-state index is 0.0207. The van der Waals surface area contributed by atoms with Crippen LogP contribution in [0.4, 0.5) is 17.1 Å². The van der Waals surface area contributed by atoms with Crippen LogP contribution in [0.25, 0.3) is 0 Å². The summed E-state index contributed by atoms with van der Waals surface area (Å²) >= 11 is 5.84. The van der Waals surface area contributed by atoms with Crippen LogP contribution in [-0.2, 0) is 14.3 Å². The summed E-state index contributed by atoms with van der Waals surface area (Å²) in [5.41, 5.74) is 0.992. The van der Waals surface area contributed by atoms with Gasteiger partial charge in [-0.25, -0.2) is 4.79 Å². The average Bonchev–Trinajstić information content (AvgIpc) is 2.93. The lowest BCUT2D eigenvalue weighted by Crippen LogP contribution is -2.36. The van der Waals surface area contributed by atoms with Crippen LogP contribution in [0.1, 0.15) is 33.2 Å². The van der Waals surface area contributed by atoms with Crippen molar-refractivity contribution in [3.05, 3.63) is 98.6 Å². The fourth-order valence-corrected chi connectivity index (χ4v) is 4.09.